The van der Waals surface area contributed by atoms with E-state index in [0.717, 1.165) is 36.2 Å². The van der Waals surface area contributed by atoms with Crippen molar-refractivity contribution in [2.24, 2.45) is 5.92 Å². The number of ether oxygens (including phenoxy) is 1. The molecule has 0 radical (unpaired) electrons. The zero-order chi connectivity index (χ0) is 29.1. The van der Waals surface area contributed by atoms with Gasteiger partial charge in [-0.3, -0.25) is 14.9 Å². The van der Waals surface area contributed by atoms with Crippen molar-refractivity contribution in [3.05, 3.63) is 71.4 Å². The van der Waals surface area contributed by atoms with Crippen molar-refractivity contribution in [3.63, 3.8) is 0 Å². The van der Waals surface area contributed by atoms with E-state index in [1.807, 2.05) is 66.4 Å². The smallest absolute Gasteiger partial charge is 0.324 e. The lowest BCUT2D eigenvalue weighted by atomic mass is 9.90. The van der Waals surface area contributed by atoms with Gasteiger partial charge in [0.05, 0.1) is 11.4 Å². The summed E-state index contributed by atoms with van der Waals surface area (Å²) in [6.07, 6.45) is 2.97. The van der Waals surface area contributed by atoms with Gasteiger partial charge in [0, 0.05) is 43.1 Å². The molecule has 0 unspecified atom stereocenters. The number of rotatable bonds is 6. The Kier molecular flexibility index (Phi) is 8.15. The van der Waals surface area contributed by atoms with Crippen LogP contribution in [0.5, 0.6) is 0 Å². The number of carbonyl (C=O) groups is 3. The molecule has 5 rings (SSSR count). The molecule has 2 aliphatic heterocycles. The number of hydrogen-bond acceptors (Lipinski definition) is 5. The summed E-state index contributed by atoms with van der Waals surface area (Å²) in [5.74, 6) is 0.743. The van der Waals surface area contributed by atoms with Crippen LogP contribution in [0.2, 0.25) is 0 Å². The van der Waals surface area contributed by atoms with Gasteiger partial charge in [-0.1, -0.05) is 50.6 Å². The molecule has 2 saturated heterocycles. The van der Waals surface area contributed by atoms with Crippen molar-refractivity contribution in [2.45, 2.75) is 71.3 Å². The minimum absolute atomic E-state index is 0.0560. The highest BCUT2D eigenvalue weighted by molar-refractivity contribution is 5.99. The highest BCUT2D eigenvalue weighted by atomic mass is 16.6. The molecule has 3 amide bonds. The lowest BCUT2D eigenvalue weighted by molar-refractivity contribution is -0.153. The number of nitrogens with zero attached hydrogens (tertiary/aromatic N) is 3. The third kappa shape index (κ3) is 6.96. The maximum absolute atomic E-state index is 13.0. The topological polar surface area (TPSA) is 106 Å². The standard InChI is InChI=1S/C32H39N5O4/c1-21-5-11-25(12-6-21)37-28(20-27(35-37)32(2,3)4)34-31(40)33-24-9-7-22(8-10-24)19-23-15-17-36(18-16-23)30(39)26-13-14-29(38)41-26/h5-12,20,23,26H,13-19H2,1-4H3,(H2,33,34,40)/t26-/m0/s1. The number of esters is 1. The first-order valence-electron chi connectivity index (χ1n) is 14.4. The third-order valence-electron chi connectivity index (χ3n) is 7.82. The molecule has 2 fully saturated rings. The Morgan fingerprint density at radius 3 is 2.27 bits per heavy atom. The molecule has 2 aromatic carbocycles. The normalized spacial score (nSPS) is 17.8. The van der Waals surface area contributed by atoms with Crippen LogP contribution in [0.25, 0.3) is 5.69 Å². The van der Waals surface area contributed by atoms with Crippen molar-refractivity contribution < 1.29 is 19.1 Å². The fraction of sp³-hybridized carbons (Fsp3) is 0.438. The van der Waals surface area contributed by atoms with Crippen LogP contribution in [-0.2, 0) is 26.2 Å². The van der Waals surface area contributed by atoms with E-state index in [4.69, 9.17) is 9.84 Å². The van der Waals surface area contributed by atoms with Crippen molar-refractivity contribution >= 4 is 29.4 Å². The number of amides is 3. The predicted molar refractivity (Wildman–Crippen MR) is 158 cm³/mol. The molecule has 9 nitrogen and oxygen atoms in total. The quantitative estimate of drug-likeness (QED) is 0.384. The van der Waals surface area contributed by atoms with E-state index in [-0.39, 0.29) is 23.3 Å². The molecule has 1 aromatic heterocycles. The number of carbonyl (C=O) groups excluding carboxylic acids is 3. The lowest BCUT2D eigenvalue weighted by Crippen LogP contribution is -2.44. The molecule has 3 aromatic rings. The van der Waals surface area contributed by atoms with Crippen LogP contribution in [0.4, 0.5) is 16.3 Å². The van der Waals surface area contributed by atoms with Gasteiger partial charge in [0.1, 0.15) is 5.82 Å². The first-order chi connectivity index (χ1) is 19.5. The molecular weight excluding hydrogens is 518 g/mol. The summed E-state index contributed by atoms with van der Waals surface area (Å²) in [7, 11) is 0. The minimum Gasteiger partial charge on any atom is -0.452 e. The largest absolute Gasteiger partial charge is 0.452 e. The SMILES string of the molecule is Cc1ccc(-n2nc(C(C)(C)C)cc2NC(=O)Nc2ccc(CC3CCN(C(=O)[C@@H]4CCC(=O)O4)CC3)cc2)cc1. The van der Waals surface area contributed by atoms with Crippen molar-refractivity contribution in [1.82, 2.24) is 14.7 Å². The van der Waals surface area contributed by atoms with Gasteiger partial charge in [-0.15, -0.1) is 0 Å². The van der Waals surface area contributed by atoms with Gasteiger partial charge < -0.3 is 15.0 Å². The highest BCUT2D eigenvalue weighted by Gasteiger charge is 2.34. The van der Waals surface area contributed by atoms with Crippen molar-refractivity contribution in [3.8, 4) is 5.69 Å². The van der Waals surface area contributed by atoms with E-state index < -0.39 is 6.10 Å². The first kappa shape index (κ1) is 28.4. The number of anilines is 2. The number of likely N-dealkylation sites (tertiary alicyclic amines) is 1. The van der Waals surface area contributed by atoms with Gasteiger partial charge in [0.15, 0.2) is 6.10 Å². The second-order valence-electron chi connectivity index (χ2n) is 12.2. The average molecular weight is 558 g/mol. The number of nitrogens with one attached hydrogen (secondary N) is 2. The Hall–Kier alpha value is -4.14. The molecular formula is C32H39N5O4. The van der Waals surface area contributed by atoms with Crippen LogP contribution in [0.3, 0.4) is 0 Å². The van der Waals surface area contributed by atoms with Gasteiger partial charge in [-0.25, -0.2) is 9.48 Å². The molecule has 0 bridgehead atoms. The Morgan fingerprint density at radius 2 is 1.66 bits per heavy atom. The molecule has 216 valence electrons. The minimum atomic E-state index is -0.597. The number of hydrogen-bond donors (Lipinski definition) is 2. The van der Waals surface area contributed by atoms with E-state index >= 15 is 0 Å². The summed E-state index contributed by atoms with van der Waals surface area (Å²) in [5.41, 5.74) is 4.64. The van der Waals surface area contributed by atoms with Crippen LogP contribution in [0.15, 0.2) is 54.6 Å². The lowest BCUT2D eigenvalue weighted by Gasteiger charge is -2.33. The molecule has 0 aliphatic carbocycles. The summed E-state index contributed by atoms with van der Waals surface area (Å²) < 4.78 is 6.91. The van der Waals surface area contributed by atoms with Gasteiger partial charge >= 0.3 is 12.0 Å². The van der Waals surface area contributed by atoms with Gasteiger partial charge in [0.25, 0.3) is 5.91 Å². The summed E-state index contributed by atoms with van der Waals surface area (Å²) in [4.78, 5) is 38.7. The zero-order valence-corrected chi connectivity index (χ0v) is 24.3. The zero-order valence-electron chi connectivity index (χ0n) is 24.3. The van der Waals surface area contributed by atoms with E-state index in [9.17, 15) is 14.4 Å². The Labute approximate surface area is 241 Å². The van der Waals surface area contributed by atoms with Crippen LogP contribution in [0.1, 0.15) is 63.3 Å². The third-order valence-corrected chi connectivity index (χ3v) is 7.82. The van der Waals surface area contributed by atoms with Crippen molar-refractivity contribution in [1.29, 1.82) is 0 Å². The number of aryl methyl sites for hydroxylation is 1. The molecule has 2 N–H and O–H groups in total. The van der Waals surface area contributed by atoms with Crippen LogP contribution in [-0.4, -0.2) is 51.8 Å². The Morgan fingerprint density at radius 1 is 0.976 bits per heavy atom. The second kappa shape index (κ2) is 11.8. The summed E-state index contributed by atoms with van der Waals surface area (Å²) >= 11 is 0. The van der Waals surface area contributed by atoms with E-state index in [2.05, 4.69) is 31.4 Å². The molecule has 41 heavy (non-hydrogen) atoms. The number of aromatic nitrogens is 2. The number of benzene rings is 2. The van der Waals surface area contributed by atoms with E-state index in [1.165, 1.54) is 5.56 Å². The fourth-order valence-electron chi connectivity index (χ4n) is 5.32. The number of piperidine rings is 1. The predicted octanol–water partition coefficient (Wildman–Crippen LogP) is 5.61. The fourth-order valence-corrected chi connectivity index (χ4v) is 5.32. The maximum atomic E-state index is 13.0. The summed E-state index contributed by atoms with van der Waals surface area (Å²) in [5, 5.41) is 10.7. The van der Waals surface area contributed by atoms with Gasteiger partial charge in [-0.2, -0.15) is 5.10 Å². The van der Waals surface area contributed by atoms with Crippen LogP contribution in [0, 0.1) is 12.8 Å². The van der Waals surface area contributed by atoms with Crippen molar-refractivity contribution in [2.75, 3.05) is 23.7 Å². The Balaban J connectivity index is 1.15. The molecule has 3 heterocycles. The average Bonchev–Trinajstić information content (AvgIpc) is 3.57. The van der Waals surface area contributed by atoms with E-state index in [1.54, 1.807) is 4.68 Å². The monoisotopic (exact) mass is 557 g/mol. The molecule has 0 saturated carbocycles. The highest BCUT2D eigenvalue weighted by Crippen LogP contribution is 2.28. The number of urea groups is 1. The van der Waals surface area contributed by atoms with Gasteiger partial charge in [-0.05, 0) is 61.9 Å². The molecule has 1 atom stereocenters. The molecule has 2 aliphatic rings. The second-order valence-corrected chi connectivity index (χ2v) is 12.2. The summed E-state index contributed by atoms with van der Waals surface area (Å²) in [6, 6.07) is 17.5. The van der Waals surface area contributed by atoms with Gasteiger partial charge in [0.2, 0.25) is 0 Å². The first-order valence-corrected chi connectivity index (χ1v) is 14.4. The molecule has 9 heteroatoms. The summed E-state index contributed by atoms with van der Waals surface area (Å²) in [6.45, 7) is 9.70. The number of cyclic esters (lactones) is 1. The maximum Gasteiger partial charge on any atom is 0.324 e. The Bertz CT molecular complexity index is 1400. The van der Waals surface area contributed by atoms with Crippen LogP contribution < -0.4 is 10.6 Å². The molecule has 0 spiro atoms. The van der Waals surface area contributed by atoms with E-state index in [0.29, 0.717) is 43.4 Å². The van der Waals surface area contributed by atoms with Crippen LogP contribution >= 0.6 is 0 Å².